The first-order chi connectivity index (χ1) is 7.05. The van der Waals surface area contributed by atoms with Crippen molar-refractivity contribution in [2.45, 2.75) is 51.7 Å². The Bertz CT molecular complexity index is 178. The van der Waals surface area contributed by atoms with Crippen LogP contribution in [-0.4, -0.2) is 42.1 Å². The van der Waals surface area contributed by atoms with Crippen LogP contribution in [0.15, 0.2) is 0 Å². The highest BCUT2D eigenvalue weighted by Gasteiger charge is 2.21. The van der Waals surface area contributed by atoms with Gasteiger partial charge in [0.15, 0.2) is 0 Å². The highest BCUT2D eigenvalue weighted by Crippen LogP contribution is 2.16. The minimum absolute atomic E-state index is 0.189. The maximum Gasteiger partial charge on any atom is 0.0762 e. The molecule has 1 atom stereocenters. The van der Waals surface area contributed by atoms with Crippen molar-refractivity contribution in [1.82, 2.24) is 4.90 Å². The predicted octanol–water partition coefficient (Wildman–Crippen LogP) is 2.89. The zero-order valence-corrected chi connectivity index (χ0v) is 11.0. The molecule has 1 unspecified atom stereocenters. The summed E-state index contributed by atoms with van der Waals surface area (Å²) in [4.78, 5) is 2.52. The van der Waals surface area contributed by atoms with Gasteiger partial charge in [0.1, 0.15) is 0 Å². The van der Waals surface area contributed by atoms with Crippen molar-refractivity contribution >= 4 is 11.6 Å². The van der Waals surface area contributed by atoms with E-state index < -0.39 is 0 Å². The van der Waals surface area contributed by atoms with Crippen molar-refractivity contribution in [1.29, 1.82) is 0 Å². The Balaban J connectivity index is 2.25. The second-order valence-electron chi connectivity index (χ2n) is 5.15. The minimum atomic E-state index is -0.189. The molecule has 1 heterocycles. The summed E-state index contributed by atoms with van der Waals surface area (Å²) in [5.41, 5.74) is -0.189. The first-order valence-corrected chi connectivity index (χ1v) is 6.52. The fraction of sp³-hybridized carbons (Fsp3) is 1.00. The normalized spacial score (nSPS) is 21.6. The molecule has 15 heavy (non-hydrogen) atoms. The number of ether oxygens (including phenoxy) is 1. The Labute approximate surface area is 98.9 Å². The van der Waals surface area contributed by atoms with E-state index in [2.05, 4.69) is 11.8 Å². The third kappa shape index (κ3) is 4.71. The molecule has 1 saturated heterocycles. The van der Waals surface area contributed by atoms with Gasteiger partial charge in [-0.2, -0.15) is 0 Å². The van der Waals surface area contributed by atoms with Gasteiger partial charge in [-0.15, -0.1) is 11.6 Å². The number of nitrogens with zero attached hydrogens (tertiary/aromatic N) is 1. The van der Waals surface area contributed by atoms with E-state index in [9.17, 15) is 0 Å². The second-order valence-corrected chi connectivity index (χ2v) is 5.42. The lowest BCUT2D eigenvalue weighted by Gasteiger charge is -2.34. The summed E-state index contributed by atoms with van der Waals surface area (Å²) in [7, 11) is 0. The van der Waals surface area contributed by atoms with Crippen LogP contribution in [0.4, 0.5) is 0 Å². The molecule has 90 valence electrons. The summed E-state index contributed by atoms with van der Waals surface area (Å²) in [5.74, 6) is 0.555. The van der Waals surface area contributed by atoms with Gasteiger partial charge in [-0.3, -0.25) is 4.90 Å². The Morgan fingerprint density at radius 1 is 1.27 bits per heavy atom. The Kier molecular flexibility index (Phi) is 5.37. The summed E-state index contributed by atoms with van der Waals surface area (Å²) in [6.07, 6.45) is 4.06. The van der Waals surface area contributed by atoms with E-state index in [1.807, 2.05) is 13.8 Å². The standard InChI is InChI=1S/C12H24ClNO/c1-11(9-15-12(2,3)10-13)14-7-5-4-6-8-14/h11H,4-10H2,1-3H3. The molecule has 0 spiro atoms. The van der Waals surface area contributed by atoms with Crippen LogP contribution in [0.2, 0.25) is 0 Å². The molecule has 3 heteroatoms. The first kappa shape index (κ1) is 13.3. The van der Waals surface area contributed by atoms with Crippen LogP contribution in [0.3, 0.4) is 0 Å². The fourth-order valence-corrected chi connectivity index (χ4v) is 1.93. The van der Waals surface area contributed by atoms with E-state index >= 15 is 0 Å². The molecule has 0 aromatic heterocycles. The number of rotatable bonds is 5. The average molecular weight is 234 g/mol. The monoisotopic (exact) mass is 233 g/mol. The maximum atomic E-state index is 5.82. The van der Waals surface area contributed by atoms with Gasteiger partial charge in [-0.25, -0.2) is 0 Å². The Hall–Kier alpha value is 0.210. The SMILES string of the molecule is CC(COC(C)(C)CCl)N1CCCCC1. The smallest absolute Gasteiger partial charge is 0.0762 e. The Morgan fingerprint density at radius 2 is 1.87 bits per heavy atom. The maximum absolute atomic E-state index is 5.82. The van der Waals surface area contributed by atoms with Crippen LogP contribution in [0.25, 0.3) is 0 Å². The molecule has 0 amide bonds. The molecule has 0 aliphatic carbocycles. The van der Waals surface area contributed by atoms with Gasteiger partial charge >= 0.3 is 0 Å². The quantitative estimate of drug-likeness (QED) is 0.678. The van der Waals surface area contributed by atoms with Gasteiger partial charge in [-0.1, -0.05) is 6.42 Å². The number of halogens is 1. The molecular formula is C12H24ClNO. The largest absolute Gasteiger partial charge is 0.373 e. The topological polar surface area (TPSA) is 12.5 Å². The fourth-order valence-electron chi connectivity index (χ4n) is 1.85. The van der Waals surface area contributed by atoms with Crippen LogP contribution in [0.5, 0.6) is 0 Å². The number of hydrogen-bond donors (Lipinski definition) is 0. The highest BCUT2D eigenvalue weighted by atomic mass is 35.5. The lowest BCUT2D eigenvalue weighted by atomic mass is 10.1. The zero-order valence-electron chi connectivity index (χ0n) is 10.3. The molecular weight excluding hydrogens is 210 g/mol. The van der Waals surface area contributed by atoms with Gasteiger partial charge in [-0.05, 0) is 46.7 Å². The third-order valence-electron chi connectivity index (χ3n) is 3.05. The van der Waals surface area contributed by atoms with Gasteiger partial charge in [0, 0.05) is 6.04 Å². The van der Waals surface area contributed by atoms with Gasteiger partial charge in [0.2, 0.25) is 0 Å². The van der Waals surface area contributed by atoms with Crippen LogP contribution in [0.1, 0.15) is 40.0 Å². The van der Waals surface area contributed by atoms with Gasteiger partial charge in [0.05, 0.1) is 18.1 Å². The molecule has 0 aromatic rings. The molecule has 0 radical (unpaired) electrons. The molecule has 0 aromatic carbocycles. The number of hydrogen-bond acceptors (Lipinski definition) is 2. The number of likely N-dealkylation sites (tertiary alicyclic amines) is 1. The van der Waals surface area contributed by atoms with Crippen LogP contribution < -0.4 is 0 Å². The van der Waals surface area contributed by atoms with E-state index in [0.717, 1.165) is 6.61 Å². The van der Waals surface area contributed by atoms with E-state index in [-0.39, 0.29) is 5.60 Å². The number of alkyl halides is 1. The second kappa shape index (κ2) is 6.07. The van der Waals surface area contributed by atoms with Crippen LogP contribution in [-0.2, 0) is 4.74 Å². The van der Waals surface area contributed by atoms with Crippen molar-refractivity contribution in [3.8, 4) is 0 Å². The highest BCUT2D eigenvalue weighted by molar-refractivity contribution is 6.18. The van der Waals surface area contributed by atoms with Crippen molar-refractivity contribution in [3.63, 3.8) is 0 Å². The molecule has 1 aliphatic heterocycles. The Morgan fingerprint density at radius 3 is 2.40 bits per heavy atom. The third-order valence-corrected chi connectivity index (χ3v) is 3.69. The molecule has 2 nitrogen and oxygen atoms in total. The van der Waals surface area contributed by atoms with Gasteiger partial charge in [0.25, 0.3) is 0 Å². The molecule has 0 bridgehead atoms. The number of piperidine rings is 1. The first-order valence-electron chi connectivity index (χ1n) is 5.99. The molecule has 0 saturated carbocycles. The lowest BCUT2D eigenvalue weighted by Crippen LogP contribution is -2.42. The molecule has 1 rings (SSSR count). The van der Waals surface area contributed by atoms with Crippen molar-refractivity contribution in [3.05, 3.63) is 0 Å². The van der Waals surface area contributed by atoms with E-state index in [4.69, 9.17) is 16.3 Å². The summed E-state index contributed by atoms with van der Waals surface area (Å²) in [6, 6.07) is 0.521. The summed E-state index contributed by atoms with van der Waals surface area (Å²) < 4.78 is 5.82. The zero-order chi connectivity index (χ0) is 11.3. The lowest BCUT2D eigenvalue weighted by molar-refractivity contribution is -0.0320. The molecule has 1 aliphatic rings. The summed E-state index contributed by atoms with van der Waals surface area (Å²) >= 11 is 5.82. The van der Waals surface area contributed by atoms with Crippen LogP contribution >= 0.6 is 11.6 Å². The van der Waals surface area contributed by atoms with E-state index in [1.54, 1.807) is 0 Å². The van der Waals surface area contributed by atoms with Crippen molar-refractivity contribution in [2.75, 3.05) is 25.6 Å². The molecule has 1 fully saturated rings. The summed E-state index contributed by atoms with van der Waals surface area (Å²) in [6.45, 7) is 9.58. The predicted molar refractivity (Wildman–Crippen MR) is 65.6 cm³/mol. The molecule has 0 N–H and O–H groups in total. The minimum Gasteiger partial charge on any atom is -0.373 e. The van der Waals surface area contributed by atoms with E-state index in [1.165, 1.54) is 32.4 Å². The van der Waals surface area contributed by atoms with Crippen molar-refractivity contribution < 1.29 is 4.74 Å². The average Bonchev–Trinajstić information content (AvgIpc) is 2.27. The van der Waals surface area contributed by atoms with Crippen LogP contribution in [0, 0.1) is 0 Å². The van der Waals surface area contributed by atoms with Gasteiger partial charge < -0.3 is 4.74 Å². The summed E-state index contributed by atoms with van der Waals surface area (Å²) in [5, 5.41) is 0. The van der Waals surface area contributed by atoms with E-state index in [0.29, 0.717) is 11.9 Å². The van der Waals surface area contributed by atoms with Crippen molar-refractivity contribution in [2.24, 2.45) is 0 Å².